The molecule has 0 heterocycles. The number of nitrogens with one attached hydrogen (secondary N) is 1. The lowest BCUT2D eigenvalue weighted by Crippen LogP contribution is -2.22. The molecule has 3 nitrogen and oxygen atoms in total. The number of aliphatic imine (C=N–C) groups is 1. The zero-order valence-electron chi connectivity index (χ0n) is 7.72. The third kappa shape index (κ3) is 3.20. The minimum absolute atomic E-state index is 0.404. The number of benzene rings is 1. The van der Waals surface area contributed by atoms with Gasteiger partial charge in [0, 0.05) is 16.7 Å². The zero-order valence-corrected chi connectivity index (χ0v) is 10.1. The molecule has 3 N–H and O–H groups in total. The van der Waals surface area contributed by atoms with E-state index in [1.807, 2.05) is 19.1 Å². The lowest BCUT2D eigenvalue weighted by atomic mass is 10.3. The molecule has 0 aliphatic carbocycles. The molecular formula is C9H11BrClN3. The van der Waals surface area contributed by atoms with Crippen LogP contribution < -0.4 is 11.1 Å². The van der Waals surface area contributed by atoms with E-state index in [0.29, 0.717) is 17.5 Å². The fourth-order valence-corrected chi connectivity index (χ4v) is 1.43. The van der Waals surface area contributed by atoms with Crippen molar-refractivity contribution in [3.8, 4) is 0 Å². The highest BCUT2D eigenvalue weighted by molar-refractivity contribution is 9.10. The van der Waals surface area contributed by atoms with E-state index in [2.05, 4.69) is 26.2 Å². The minimum atomic E-state index is 0.404. The molecule has 5 heteroatoms. The van der Waals surface area contributed by atoms with E-state index in [1.54, 1.807) is 6.07 Å². The molecule has 0 saturated carbocycles. The van der Waals surface area contributed by atoms with Crippen molar-refractivity contribution in [3.63, 3.8) is 0 Å². The summed E-state index contributed by atoms with van der Waals surface area (Å²) in [6, 6.07) is 5.47. The summed E-state index contributed by atoms with van der Waals surface area (Å²) in [6.07, 6.45) is 0. The molecule has 14 heavy (non-hydrogen) atoms. The molecule has 1 aromatic carbocycles. The number of hydrogen-bond donors (Lipinski definition) is 2. The van der Waals surface area contributed by atoms with E-state index >= 15 is 0 Å². The molecule has 76 valence electrons. The van der Waals surface area contributed by atoms with E-state index in [-0.39, 0.29) is 0 Å². The first-order valence-corrected chi connectivity index (χ1v) is 5.32. The maximum atomic E-state index is 5.84. The van der Waals surface area contributed by atoms with E-state index in [9.17, 15) is 0 Å². The highest BCUT2D eigenvalue weighted by Gasteiger charge is 1.99. The van der Waals surface area contributed by atoms with Crippen molar-refractivity contribution in [2.75, 3.05) is 11.9 Å². The van der Waals surface area contributed by atoms with Crippen LogP contribution in [0.2, 0.25) is 5.02 Å². The van der Waals surface area contributed by atoms with Crippen LogP contribution in [0.5, 0.6) is 0 Å². The average Bonchev–Trinajstić information content (AvgIpc) is 2.12. The van der Waals surface area contributed by atoms with Crippen molar-refractivity contribution in [1.29, 1.82) is 0 Å². The largest absolute Gasteiger partial charge is 0.370 e. The number of guanidine groups is 1. The second kappa shape index (κ2) is 5.22. The topological polar surface area (TPSA) is 50.4 Å². The van der Waals surface area contributed by atoms with Gasteiger partial charge < -0.3 is 11.1 Å². The Labute approximate surface area is 96.5 Å². The summed E-state index contributed by atoms with van der Waals surface area (Å²) < 4.78 is 0.827. The summed E-state index contributed by atoms with van der Waals surface area (Å²) in [5.41, 5.74) is 6.45. The van der Waals surface area contributed by atoms with Crippen LogP contribution >= 0.6 is 27.5 Å². The van der Waals surface area contributed by atoms with Crippen LogP contribution in [-0.2, 0) is 0 Å². The molecule has 0 bridgehead atoms. The summed E-state index contributed by atoms with van der Waals surface area (Å²) in [4.78, 5) is 4.01. The molecule has 0 aromatic heterocycles. The summed E-state index contributed by atoms with van der Waals surface area (Å²) in [7, 11) is 0. The van der Waals surface area contributed by atoms with Crippen LogP contribution in [0.15, 0.2) is 27.7 Å². The van der Waals surface area contributed by atoms with Crippen LogP contribution in [0.1, 0.15) is 6.92 Å². The van der Waals surface area contributed by atoms with Crippen LogP contribution in [0.4, 0.5) is 5.69 Å². The lowest BCUT2D eigenvalue weighted by Gasteiger charge is -2.05. The van der Waals surface area contributed by atoms with E-state index in [0.717, 1.165) is 10.2 Å². The first-order chi connectivity index (χ1) is 6.63. The van der Waals surface area contributed by atoms with Gasteiger partial charge >= 0.3 is 0 Å². The number of hydrogen-bond acceptors (Lipinski definition) is 1. The van der Waals surface area contributed by atoms with Crippen molar-refractivity contribution in [2.45, 2.75) is 6.92 Å². The van der Waals surface area contributed by atoms with Crippen molar-refractivity contribution in [1.82, 2.24) is 0 Å². The molecule has 0 radical (unpaired) electrons. The average molecular weight is 277 g/mol. The maximum absolute atomic E-state index is 5.84. The molecule has 0 aliphatic heterocycles. The number of rotatable bonds is 2. The van der Waals surface area contributed by atoms with Gasteiger partial charge in [-0.25, -0.2) is 0 Å². The van der Waals surface area contributed by atoms with Gasteiger partial charge in [-0.05, 0) is 41.1 Å². The van der Waals surface area contributed by atoms with Gasteiger partial charge in [0.15, 0.2) is 5.96 Å². The maximum Gasteiger partial charge on any atom is 0.193 e. The van der Waals surface area contributed by atoms with Crippen LogP contribution in [0, 0.1) is 0 Å². The van der Waals surface area contributed by atoms with Gasteiger partial charge in [0.2, 0.25) is 0 Å². The molecule has 0 atom stereocenters. The molecular weight excluding hydrogens is 265 g/mol. The Balaban J connectivity index is 2.78. The molecule has 0 unspecified atom stereocenters. The minimum Gasteiger partial charge on any atom is -0.370 e. The van der Waals surface area contributed by atoms with Crippen LogP contribution in [0.25, 0.3) is 0 Å². The summed E-state index contributed by atoms with van der Waals surface area (Å²) in [5.74, 6) is 0.404. The second-order valence-electron chi connectivity index (χ2n) is 2.61. The summed E-state index contributed by atoms with van der Waals surface area (Å²) in [6.45, 7) is 2.58. The van der Waals surface area contributed by atoms with E-state index in [1.165, 1.54) is 0 Å². The van der Waals surface area contributed by atoms with Gasteiger partial charge in [-0.2, -0.15) is 0 Å². The molecule has 1 rings (SSSR count). The van der Waals surface area contributed by atoms with Crippen molar-refractivity contribution in [2.24, 2.45) is 10.7 Å². The van der Waals surface area contributed by atoms with Gasteiger partial charge in [-0.1, -0.05) is 11.6 Å². The van der Waals surface area contributed by atoms with Gasteiger partial charge in [-0.3, -0.25) is 4.99 Å². The highest BCUT2D eigenvalue weighted by Crippen LogP contribution is 2.25. The number of halogens is 2. The van der Waals surface area contributed by atoms with Crippen molar-refractivity contribution >= 4 is 39.2 Å². The normalized spacial score (nSPS) is 11.5. The third-order valence-electron chi connectivity index (χ3n) is 1.52. The molecule has 0 aliphatic rings. The Hall–Kier alpha value is -0.740. The first-order valence-electron chi connectivity index (χ1n) is 4.15. The van der Waals surface area contributed by atoms with E-state index < -0.39 is 0 Å². The van der Waals surface area contributed by atoms with Gasteiger partial charge in [0.05, 0.1) is 5.02 Å². The van der Waals surface area contributed by atoms with Gasteiger partial charge in [0.1, 0.15) is 0 Å². The van der Waals surface area contributed by atoms with Crippen molar-refractivity contribution in [3.05, 3.63) is 27.7 Å². The van der Waals surface area contributed by atoms with Crippen molar-refractivity contribution < 1.29 is 0 Å². The number of nitrogens with two attached hydrogens (primary N) is 1. The first kappa shape index (κ1) is 11.3. The van der Waals surface area contributed by atoms with Crippen LogP contribution in [0.3, 0.4) is 0 Å². The quantitative estimate of drug-likeness (QED) is 0.644. The molecule has 0 saturated heterocycles. The summed E-state index contributed by atoms with van der Waals surface area (Å²) in [5, 5.41) is 3.62. The Morgan fingerprint density at radius 2 is 2.36 bits per heavy atom. The van der Waals surface area contributed by atoms with Gasteiger partial charge in [-0.15, -0.1) is 0 Å². The SMILES string of the molecule is CCN=C(N)Nc1ccc(Cl)c(Br)c1. The Morgan fingerprint density at radius 1 is 1.64 bits per heavy atom. The van der Waals surface area contributed by atoms with Crippen LogP contribution in [-0.4, -0.2) is 12.5 Å². The lowest BCUT2D eigenvalue weighted by molar-refractivity contribution is 1.12. The Bertz CT molecular complexity index is 352. The Morgan fingerprint density at radius 3 is 2.93 bits per heavy atom. The third-order valence-corrected chi connectivity index (χ3v) is 2.73. The molecule has 0 fully saturated rings. The predicted octanol–water partition coefficient (Wildman–Crippen LogP) is 2.85. The zero-order chi connectivity index (χ0) is 10.6. The predicted molar refractivity (Wildman–Crippen MR) is 64.9 cm³/mol. The standard InChI is InChI=1S/C9H11BrClN3/c1-2-13-9(12)14-6-3-4-8(11)7(10)5-6/h3-5H,2H2,1H3,(H3,12,13,14). The highest BCUT2D eigenvalue weighted by atomic mass is 79.9. The fourth-order valence-electron chi connectivity index (χ4n) is 0.932. The summed E-state index contributed by atoms with van der Waals surface area (Å²) >= 11 is 9.16. The molecule has 0 spiro atoms. The fraction of sp³-hybridized carbons (Fsp3) is 0.222. The Kier molecular flexibility index (Phi) is 4.22. The molecule has 1 aromatic rings. The number of nitrogens with zero attached hydrogens (tertiary/aromatic N) is 1. The number of anilines is 1. The smallest absolute Gasteiger partial charge is 0.193 e. The van der Waals surface area contributed by atoms with Gasteiger partial charge in [0.25, 0.3) is 0 Å². The van der Waals surface area contributed by atoms with E-state index in [4.69, 9.17) is 17.3 Å². The second-order valence-corrected chi connectivity index (χ2v) is 3.88. The monoisotopic (exact) mass is 275 g/mol. The molecule has 0 amide bonds.